The minimum absolute atomic E-state index is 0.0600. The molecule has 0 saturated carbocycles. The SMILES string of the molecule is CCC(=O)N(CC1(O)CCN(CCc2cccs2)CC1)c1ccccc1. The van der Waals surface area contributed by atoms with Gasteiger partial charge in [0.25, 0.3) is 0 Å². The largest absolute Gasteiger partial charge is 0.388 e. The Kier molecular flexibility index (Phi) is 6.46. The molecule has 4 nitrogen and oxygen atoms in total. The number of rotatable bonds is 7. The standard InChI is InChI=1S/C21H28N2O2S/c1-2-20(24)23(18-7-4-3-5-8-18)17-21(25)11-14-22(15-12-21)13-10-19-9-6-16-26-19/h3-9,16,25H,2,10-15,17H2,1H3. The van der Waals surface area contributed by atoms with Crippen LogP contribution >= 0.6 is 11.3 Å². The molecule has 0 aliphatic carbocycles. The first-order chi connectivity index (χ1) is 12.6. The molecule has 1 aromatic heterocycles. The molecule has 1 aliphatic rings. The second-order valence-electron chi connectivity index (χ2n) is 7.06. The molecule has 140 valence electrons. The van der Waals surface area contributed by atoms with Gasteiger partial charge in [0.2, 0.25) is 5.91 Å². The summed E-state index contributed by atoms with van der Waals surface area (Å²) in [5, 5.41) is 13.2. The number of thiophene rings is 1. The Balaban J connectivity index is 1.57. The molecular formula is C21H28N2O2S. The maximum absolute atomic E-state index is 12.4. The monoisotopic (exact) mass is 372 g/mol. The predicted octanol–water partition coefficient (Wildman–Crippen LogP) is 3.56. The van der Waals surface area contributed by atoms with E-state index in [1.807, 2.05) is 37.3 Å². The van der Waals surface area contributed by atoms with Crippen molar-refractivity contribution in [1.82, 2.24) is 4.90 Å². The van der Waals surface area contributed by atoms with Crippen molar-refractivity contribution in [3.8, 4) is 0 Å². The fourth-order valence-corrected chi connectivity index (χ4v) is 4.19. The van der Waals surface area contributed by atoms with Crippen LogP contribution < -0.4 is 4.90 Å². The highest BCUT2D eigenvalue weighted by Crippen LogP contribution is 2.27. The van der Waals surface area contributed by atoms with Gasteiger partial charge in [-0.05, 0) is 42.8 Å². The highest BCUT2D eigenvalue weighted by Gasteiger charge is 2.35. The Morgan fingerprint density at radius 3 is 2.54 bits per heavy atom. The van der Waals surface area contributed by atoms with Crippen LogP contribution in [0.3, 0.4) is 0 Å². The van der Waals surface area contributed by atoms with Crippen LogP contribution in [0.2, 0.25) is 0 Å². The van der Waals surface area contributed by atoms with Crippen LogP contribution in [0.25, 0.3) is 0 Å². The molecule has 1 N–H and O–H groups in total. The lowest BCUT2D eigenvalue weighted by molar-refractivity contribution is -0.119. The van der Waals surface area contributed by atoms with Gasteiger partial charge < -0.3 is 14.9 Å². The minimum atomic E-state index is -0.805. The Bertz CT molecular complexity index is 679. The molecule has 0 radical (unpaired) electrons. The fourth-order valence-electron chi connectivity index (χ4n) is 3.49. The van der Waals surface area contributed by atoms with Gasteiger partial charge >= 0.3 is 0 Å². The Morgan fingerprint density at radius 2 is 1.92 bits per heavy atom. The summed E-state index contributed by atoms with van der Waals surface area (Å²) in [5.41, 5.74) is 0.0630. The molecule has 26 heavy (non-hydrogen) atoms. The lowest BCUT2D eigenvalue weighted by atomic mass is 9.90. The van der Waals surface area contributed by atoms with Crippen molar-refractivity contribution in [3.05, 3.63) is 52.7 Å². The van der Waals surface area contributed by atoms with Gasteiger partial charge in [0.15, 0.2) is 0 Å². The van der Waals surface area contributed by atoms with E-state index in [0.29, 0.717) is 25.8 Å². The van der Waals surface area contributed by atoms with Crippen molar-refractivity contribution in [2.24, 2.45) is 0 Å². The minimum Gasteiger partial charge on any atom is -0.388 e. The van der Waals surface area contributed by atoms with E-state index in [1.165, 1.54) is 4.88 Å². The van der Waals surface area contributed by atoms with E-state index >= 15 is 0 Å². The molecule has 1 fully saturated rings. The summed E-state index contributed by atoms with van der Waals surface area (Å²) in [4.78, 5) is 18.0. The molecular weight excluding hydrogens is 344 g/mol. The van der Waals surface area contributed by atoms with Crippen molar-refractivity contribution in [3.63, 3.8) is 0 Å². The molecule has 0 unspecified atom stereocenters. The zero-order chi connectivity index (χ0) is 18.4. The lowest BCUT2D eigenvalue weighted by Gasteiger charge is -2.41. The van der Waals surface area contributed by atoms with Gasteiger partial charge in [-0.15, -0.1) is 11.3 Å². The average Bonchev–Trinajstić information content (AvgIpc) is 3.19. The third-order valence-corrected chi connectivity index (χ3v) is 6.10. The van der Waals surface area contributed by atoms with E-state index in [9.17, 15) is 9.90 Å². The highest BCUT2D eigenvalue weighted by molar-refractivity contribution is 7.09. The maximum atomic E-state index is 12.4. The van der Waals surface area contributed by atoms with Crippen molar-refractivity contribution >= 4 is 22.9 Å². The van der Waals surface area contributed by atoms with E-state index in [4.69, 9.17) is 0 Å². The molecule has 2 heterocycles. The van der Waals surface area contributed by atoms with Gasteiger partial charge in [0.1, 0.15) is 0 Å². The molecule has 1 aliphatic heterocycles. The number of para-hydroxylation sites is 1. The summed E-state index contributed by atoms with van der Waals surface area (Å²) in [6.07, 6.45) is 2.92. The van der Waals surface area contributed by atoms with Gasteiger partial charge in [-0.3, -0.25) is 4.79 Å². The van der Waals surface area contributed by atoms with Gasteiger partial charge in [0, 0.05) is 36.6 Å². The van der Waals surface area contributed by atoms with Crippen molar-refractivity contribution in [2.45, 2.75) is 38.2 Å². The first-order valence-corrected chi connectivity index (χ1v) is 10.3. The molecule has 0 atom stereocenters. The summed E-state index contributed by atoms with van der Waals surface area (Å²) >= 11 is 1.80. The first-order valence-electron chi connectivity index (χ1n) is 9.42. The quantitative estimate of drug-likeness (QED) is 0.808. The molecule has 0 bridgehead atoms. The van der Waals surface area contributed by atoms with E-state index < -0.39 is 5.60 Å². The van der Waals surface area contributed by atoms with Gasteiger partial charge in [-0.2, -0.15) is 0 Å². The number of aliphatic hydroxyl groups is 1. The van der Waals surface area contributed by atoms with Crippen LogP contribution in [0.1, 0.15) is 31.1 Å². The van der Waals surface area contributed by atoms with Crippen LogP contribution in [-0.4, -0.2) is 47.7 Å². The lowest BCUT2D eigenvalue weighted by Crippen LogP contribution is -2.52. The maximum Gasteiger partial charge on any atom is 0.226 e. The smallest absolute Gasteiger partial charge is 0.226 e. The number of hydrogen-bond donors (Lipinski definition) is 1. The summed E-state index contributed by atoms with van der Waals surface area (Å²) < 4.78 is 0. The van der Waals surface area contributed by atoms with E-state index in [-0.39, 0.29) is 5.91 Å². The van der Waals surface area contributed by atoms with Gasteiger partial charge in [-0.25, -0.2) is 0 Å². The Hall–Kier alpha value is -1.69. The van der Waals surface area contributed by atoms with Crippen LogP contribution in [0, 0.1) is 0 Å². The van der Waals surface area contributed by atoms with Crippen LogP contribution in [0.4, 0.5) is 5.69 Å². The second kappa shape index (κ2) is 8.80. The molecule has 1 aromatic carbocycles. The third kappa shape index (κ3) is 4.93. The summed E-state index contributed by atoms with van der Waals surface area (Å²) in [5.74, 6) is 0.0600. The van der Waals surface area contributed by atoms with Crippen molar-refractivity contribution in [1.29, 1.82) is 0 Å². The first kappa shape index (κ1) is 19.1. The summed E-state index contributed by atoms with van der Waals surface area (Å²) in [7, 11) is 0. The van der Waals surface area contributed by atoms with E-state index in [0.717, 1.165) is 31.7 Å². The number of hydrogen-bond acceptors (Lipinski definition) is 4. The number of carbonyl (C=O) groups is 1. The Morgan fingerprint density at radius 1 is 1.19 bits per heavy atom. The third-order valence-electron chi connectivity index (χ3n) is 5.17. The molecule has 2 aromatic rings. The van der Waals surface area contributed by atoms with Gasteiger partial charge in [0.05, 0.1) is 12.1 Å². The van der Waals surface area contributed by atoms with Crippen LogP contribution in [-0.2, 0) is 11.2 Å². The molecule has 3 rings (SSSR count). The molecule has 0 spiro atoms. The van der Waals surface area contributed by atoms with Gasteiger partial charge in [-0.1, -0.05) is 31.2 Å². The van der Waals surface area contributed by atoms with Crippen LogP contribution in [0.15, 0.2) is 47.8 Å². The number of benzene rings is 1. The normalized spacial score (nSPS) is 17.2. The summed E-state index contributed by atoms with van der Waals surface area (Å²) in [6, 6.07) is 14.0. The number of carbonyl (C=O) groups excluding carboxylic acids is 1. The average molecular weight is 373 g/mol. The zero-order valence-electron chi connectivity index (χ0n) is 15.4. The molecule has 1 saturated heterocycles. The van der Waals surface area contributed by atoms with E-state index in [1.54, 1.807) is 16.2 Å². The molecule has 1 amide bonds. The predicted molar refractivity (Wildman–Crippen MR) is 108 cm³/mol. The number of amides is 1. The number of likely N-dealkylation sites (tertiary alicyclic amines) is 1. The zero-order valence-corrected chi connectivity index (χ0v) is 16.3. The Labute approximate surface area is 160 Å². The highest BCUT2D eigenvalue weighted by atomic mass is 32.1. The number of piperidine rings is 1. The summed E-state index contributed by atoms with van der Waals surface area (Å²) in [6.45, 7) is 5.04. The second-order valence-corrected chi connectivity index (χ2v) is 8.10. The number of anilines is 1. The fraction of sp³-hybridized carbons (Fsp3) is 0.476. The number of nitrogens with zero attached hydrogens (tertiary/aromatic N) is 2. The van der Waals surface area contributed by atoms with Crippen molar-refractivity contribution in [2.75, 3.05) is 31.1 Å². The van der Waals surface area contributed by atoms with E-state index in [2.05, 4.69) is 22.4 Å². The van der Waals surface area contributed by atoms with Crippen molar-refractivity contribution < 1.29 is 9.90 Å². The molecule has 5 heteroatoms. The van der Waals surface area contributed by atoms with Crippen LogP contribution in [0.5, 0.6) is 0 Å². The topological polar surface area (TPSA) is 43.8 Å².